The van der Waals surface area contributed by atoms with E-state index in [1.807, 2.05) is 6.92 Å². The van der Waals surface area contributed by atoms with Crippen molar-refractivity contribution in [2.45, 2.75) is 13.3 Å². The molecule has 0 aliphatic heterocycles. The normalized spacial score (nSPS) is 11.1. The summed E-state index contributed by atoms with van der Waals surface area (Å²) in [5.74, 6) is 0.757. The van der Waals surface area contributed by atoms with Crippen LogP contribution in [0, 0.1) is 0 Å². The van der Waals surface area contributed by atoms with Gasteiger partial charge in [0.1, 0.15) is 0 Å². The highest BCUT2D eigenvalue weighted by Gasteiger charge is 2.01. The van der Waals surface area contributed by atoms with Crippen molar-refractivity contribution in [1.29, 1.82) is 0 Å². The summed E-state index contributed by atoms with van der Waals surface area (Å²) in [4.78, 5) is 4.11. The van der Waals surface area contributed by atoms with Gasteiger partial charge in [0.15, 0.2) is 17.3 Å². The zero-order chi connectivity index (χ0) is 12.3. The van der Waals surface area contributed by atoms with Crippen LogP contribution in [0.5, 0.6) is 11.5 Å². The molecule has 0 aliphatic rings. The second kappa shape index (κ2) is 4.69. The summed E-state index contributed by atoms with van der Waals surface area (Å²) in [5, 5.41) is 22.2. The highest BCUT2D eigenvalue weighted by atomic mass is 16.5. The van der Waals surface area contributed by atoms with Gasteiger partial charge < -0.3 is 14.7 Å². The highest BCUT2D eigenvalue weighted by molar-refractivity contribution is 5.67. The van der Waals surface area contributed by atoms with E-state index in [1.54, 1.807) is 18.2 Å². The van der Waals surface area contributed by atoms with E-state index < -0.39 is 0 Å². The van der Waals surface area contributed by atoms with E-state index in [2.05, 4.69) is 10.1 Å². The summed E-state index contributed by atoms with van der Waals surface area (Å²) < 4.78 is 4.97. The summed E-state index contributed by atoms with van der Waals surface area (Å²) in [6, 6.07) is 4.53. The predicted molar refractivity (Wildman–Crippen MR) is 62.4 cm³/mol. The maximum atomic E-state index is 9.30. The minimum atomic E-state index is -0.160. The van der Waals surface area contributed by atoms with Crippen molar-refractivity contribution >= 4 is 12.2 Å². The molecule has 1 aromatic carbocycles. The van der Waals surface area contributed by atoms with Crippen molar-refractivity contribution in [2.24, 2.45) is 0 Å². The van der Waals surface area contributed by atoms with Gasteiger partial charge in [0.05, 0.1) is 0 Å². The van der Waals surface area contributed by atoms with Crippen LogP contribution in [0.1, 0.15) is 24.2 Å². The number of aryl methyl sites for hydroxylation is 1. The van der Waals surface area contributed by atoms with Crippen molar-refractivity contribution in [3.05, 3.63) is 35.5 Å². The number of nitrogens with zero attached hydrogens (tertiary/aromatic N) is 2. The molecule has 0 fully saturated rings. The number of aromatic hydroxyl groups is 2. The van der Waals surface area contributed by atoms with Crippen LogP contribution < -0.4 is 0 Å². The van der Waals surface area contributed by atoms with Gasteiger partial charge >= 0.3 is 0 Å². The number of rotatable bonds is 3. The first kappa shape index (κ1) is 11.2. The van der Waals surface area contributed by atoms with Gasteiger partial charge in [-0.15, -0.1) is 0 Å². The molecule has 0 aliphatic carbocycles. The van der Waals surface area contributed by atoms with Crippen LogP contribution in [0.4, 0.5) is 0 Å². The van der Waals surface area contributed by atoms with E-state index in [1.165, 1.54) is 12.1 Å². The molecule has 2 aromatic rings. The van der Waals surface area contributed by atoms with Crippen LogP contribution >= 0.6 is 0 Å². The fraction of sp³-hybridized carbons (Fsp3) is 0.167. The van der Waals surface area contributed by atoms with Gasteiger partial charge in [-0.05, 0) is 23.8 Å². The fourth-order valence-corrected chi connectivity index (χ4v) is 1.29. The Labute approximate surface area is 98.0 Å². The molecule has 1 aromatic heterocycles. The molecular weight excluding hydrogens is 220 g/mol. The van der Waals surface area contributed by atoms with E-state index in [4.69, 9.17) is 9.63 Å². The van der Waals surface area contributed by atoms with Gasteiger partial charge in [0.2, 0.25) is 0 Å². The lowest BCUT2D eigenvalue weighted by atomic mass is 10.2. The average Bonchev–Trinajstić information content (AvgIpc) is 2.79. The minimum Gasteiger partial charge on any atom is -0.504 e. The second-order valence-corrected chi connectivity index (χ2v) is 3.48. The van der Waals surface area contributed by atoms with Crippen molar-refractivity contribution in [3.8, 4) is 11.5 Å². The first-order chi connectivity index (χ1) is 8.19. The van der Waals surface area contributed by atoms with E-state index in [-0.39, 0.29) is 11.5 Å². The molecule has 0 unspecified atom stereocenters. The van der Waals surface area contributed by atoms with Crippen molar-refractivity contribution in [3.63, 3.8) is 0 Å². The van der Waals surface area contributed by atoms with E-state index in [9.17, 15) is 5.11 Å². The van der Waals surface area contributed by atoms with Crippen LogP contribution in [-0.4, -0.2) is 20.4 Å². The van der Waals surface area contributed by atoms with Crippen LogP contribution in [-0.2, 0) is 6.42 Å². The first-order valence-electron chi connectivity index (χ1n) is 5.21. The lowest BCUT2D eigenvalue weighted by Crippen LogP contribution is -1.81. The average molecular weight is 232 g/mol. The maximum absolute atomic E-state index is 9.30. The Bertz CT molecular complexity index is 546. The molecule has 0 atom stereocenters. The minimum absolute atomic E-state index is 0.145. The number of hydrogen-bond donors (Lipinski definition) is 2. The first-order valence-corrected chi connectivity index (χ1v) is 5.21. The molecule has 0 amide bonds. The zero-order valence-electron chi connectivity index (χ0n) is 9.29. The Balaban J connectivity index is 2.16. The van der Waals surface area contributed by atoms with E-state index in [0.717, 1.165) is 12.0 Å². The van der Waals surface area contributed by atoms with Crippen LogP contribution in [0.25, 0.3) is 12.2 Å². The standard InChI is InChI=1S/C12H12N2O3/c1-2-11-13-12(17-14-11)6-4-8-3-5-9(15)10(16)7-8/h3-7,15-16H,2H2,1H3/b6-4+. The Kier molecular flexibility index (Phi) is 3.09. The molecule has 2 rings (SSSR count). The quantitative estimate of drug-likeness (QED) is 0.793. The summed E-state index contributed by atoms with van der Waals surface area (Å²) in [7, 11) is 0. The van der Waals surface area contributed by atoms with Gasteiger partial charge in [0, 0.05) is 12.5 Å². The number of phenolic OH excluding ortho intramolecular Hbond substituents is 2. The Morgan fingerprint density at radius 1 is 1.24 bits per heavy atom. The second-order valence-electron chi connectivity index (χ2n) is 3.48. The number of aromatic nitrogens is 2. The molecule has 0 bridgehead atoms. The van der Waals surface area contributed by atoms with Crippen LogP contribution in [0.3, 0.4) is 0 Å². The van der Waals surface area contributed by atoms with Crippen LogP contribution in [0.15, 0.2) is 22.7 Å². The Morgan fingerprint density at radius 3 is 2.71 bits per heavy atom. The summed E-state index contributed by atoms with van der Waals surface area (Å²) in [6.45, 7) is 1.94. The molecule has 17 heavy (non-hydrogen) atoms. The Hall–Kier alpha value is -2.30. The molecule has 1 heterocycles. The zero-order valence-corrected chi connectivity index (χ0v) is 9.29. The molecule has 5 heteroatoms. The lowest BCUT2D eigenvalue weighted by molar-refractivity contribution is 0.403. The van der Waals surface area contributed by atoms with Gasteiger partial charge in [-0.2, -0.15) is 4.98 Å². The summed E-state index contributed by atoms with van der Waals surface area (Å²) in [6.07, 6.45) is 4.08. The van der Waals surface area contributed by atoms with Crippen molar-refractivity contribution < 1.29 is 14.7 Å². The summed E-state index contributed by atoms with van der Waals surface area (Å²) >= 11 is 0. The third-order valence-electron chi connectivity index (χ3n) is 2.22. The molecule has 2 N–H and O–H groups in total. The molecule has 88 valence electrons. The van der Waals surface area contributed by atoms with E-state index >= 15 is 0 Å². The monoisotopic (exact) mass is 232 g/mol. The predicted octanol–water partition coefficient (Wildman–Crippen LogP) is 2.21. The van der Waals surface area contributed by atoms with Gasteiger partial charge in [0.25, 0.3) is 5.89 Å². The van der Waals surface area contributed by atoms with Crippen LogP contribution in [0.2, 0.25) is 0 Å². The fourth-order valence-electron chi connectivity index (χ4n) is 1.29. The lowest BCUT2D eigenvalue weighted by Gasteiger charge is -1.97. The maximum Gasteiger partial charge on any atom is 0.250 e. The number of benzene rings is 1. The van der Waals surface area contributed by atoms with Gasteiger partial charge in [-0.1, -0.05) is 18.1 Å². The Morgan fingerprint density at radius 2 is 2.06 bits per heavy atom. The molecule has 0 saturated carbocycles. The van der Waals surface area contributed by atoms with Crippen molar-refractivity contribution in [2.75, 3.05) is 0 Å². The van der Waals surface area contributed by atoms with E-state index in [0.29, 0.717) is 11.7 Å². The largest absolute Gasteiger partial charge is 0.504 e. The highest BCUT2D eigenvalue weighted by Crippen LogP contribution is 2.25. The smallest absolute Gasteiger partial charge is 0.250 e. The van der Waals surface area contributed by atoms with Gasteiger partial charge in [-0.25, -0.2) is 0 Å². The molecular formula is C12H12N2O3. The number of phenols is 2. The summed E-state index contributed by atoms with van der Waals surface area (Å²) in [5.41, 5.74) is 0.733. The third kappa shape index (κ3) is 2.63. The van der Waals surface area contributed by atoms with Gasteiger partial charge in [-0.3, -0.25) is 0 Å². The third-order valence-corrected chi connectivity index (χ3v) is 2.22. The molecule has 0 radical (unpaired) electrons. The number of hydrogen-bond acceptors (Lipinski definition) is 5. The molecule has 0 spiro atoms. The molecule has 5 nitrogen and oxygen atoms in total. The molecule has 0 saturated heterocycles. The SMILES string of the molecule is CCc1noc(/C=C/c2ccc(O)c(O)c2)n1. The van der Waals surface area contributed by atoms with Crippen molar-refractivity contribution in [1.82, 2.24) is 10.1 Å². The topological polar surface area (TPSA) is 79.4 Å².